The highest BCUT2D eigenvalue weighted by Gasteiger charge is 2.37. The van der Waals surface area contributed by atoms with Crippen LogP contribution >= 0.6 is 0 Å². The third-order valence-electron chi connectivity index (χ3n) is 5.61. The molecule has 0 radical (unpaired) electrons. The first kappa shape index (κ1) is 27.2. The molecule has 2 aliphatic heterocycles. The van der Waals surface area contributed by atoms with Crippen molar-refractivity contribution in [2.75, 3.05) is 26.2 Å². The van der Waals surface area contributed by atoms with E-state index in [0.717, 1.165) is 29.2 Å². The summed E-state index contributed by atoms with van der Waals surface area (Å²) in [5, 5.41) is 9.45. The molecule has 0 saturated carbocycles. The summed E-state index contributed by atoms with van der Waals surface area (Å²) >= 11 is 0. The molecule has 0 spiro atoms. The predicted octanol–water partition coefficient (Wildman–Crippen LogP) is 0.619. The van der Waals surface area contributed by atoms with Gasteiger partial charge in [0.2, 0.25) is 11.7 Å². The van der Waals surface area contributed by atoms with Gasteiger partial charge in [-0.05, 0) is 0 Å². The Hall–Kier alpha value is -4.43. The zero-order chi connectivity index (χ0) is 27.6. The highest BCUT2D eigenvalue weighted by atomic mass is 19.2. The molecule has 0 fully saturated rings. The van der Waals surface area contributed by atoms with E-state index in [1.807, 2.05) is 0 Å². The van der Waals surface area contributed by atoms with E-state index in [0.29, 0.717) is 9.80 Å². The van der Waals surface area contributed by atoms with Crippen LogP contribution in [-0.4, -0.2) is 81.5 Å². The number of hydrogen-bond donors (Lipinski definition) is 1. The molecule has 1 unspecified atom stereocenters. The van der Waals surface area contributed by atoms with Crippen molar-refractivity contribution < 1.29 is 55.8 Å². The van der Waals surface area contributed by atoms with Crippen molar-refractivity contribution in [1.29, 1.82) is 0 Å². The summed E-state index contributed by atoms with van der Waals surface area (Å²) in [5.74, 6) is -20.9. The lowest BCUT2D eigenvalue weighted by atomic mass is 9.93. The van der Waals surface area contributed by atoms with Crippen LogP contribution in [0.1, 0.15) is 17.9 Å². The second-order valence-corrected chi connectivity index (χ2v) is 7.78. The number of benzene rings is 1. The quantitative estimate of drug-likeness (QED) is 0.203. The molecule has 2 heterocycles. The van der Waals surface area contributed by atoms with Crippen LogP contribution < -0.4 is 0 Å². The Morgan fingerprint density at radius 1 is 0.703 bits per heavy atom. The molecule has 1 aromatic carbocycles. The number of carbonyl (C=O) groups excluding carboxylic acids is 5. The summed E-state index contributed by atoms with van der Waals surface area (Å²) in [6, 6.07) is 0. The fourth-order valence-electron chi connectivity index (χ4n) is 3.65. The fourth-order valence-corrected chi connectivity index (χ4v) is 3.65. The average Bonchev–Trinajstić information content (AvgIpc) is 3.35. The molecule has 1 N–H and O–H groups in total. The average molecular weight is 529 g/mol. The van der Waals surface area contributed by atoms with E-state index in [2.05, 4.69) is 0 Å². The maximum atomic E-state index is 14.3. The Balaban J connectivity index is 1.86. The molecule has 196 valence electrons. The predicted molar refractivity (Wildman–Crippen MR) is 110 cm³/mol. The van der Waals surface area contributed by atoms with Gasteiger partial charge in [-0.15, -0.1) is 0 Å². The summed E-state index contributed by atoms with van der Waals surface area (Å²) in [7, 11) is 0. The third-order valence-corrected chi connectivity index (χ3v) is 5.61. The van der Waals surface area contributed by atoms with Gasteiger partial charge in [0, 0.05) is 62.5 Å². The van der Waals surface area contributed by atoms with Crippen LogP contribution in [-0.2, 0) is 28.8 Å². The second-order valence-electron chi connectivity index (χ2n) is 7.78. The van der Waals surface area contributed by atoms with Gasteiger partial charge in [-0.1, -0.05) is 0 Å². The number of imide groups is 2. The van der Waals surface area contributed by atoms with Gasteiger partial charge in [0.1, 0.15) is 0 Å². The fraction of sp³-hybridized carbons (Fsp3) is 0.273. The lowest BCUT2D eigenvalue weighted by Gasteiger charge is -2.28. The van der Waals surface area contributed by atoms with E-state index in [-0.39, 0.29) is 0 Å². The Morgan fingerprint density at radius 3 is 1.41 bits per heavy atom. The molecular weight excluding hydrogens is 513 g/mol. The molecule has 1 atom stereocenters. The monoisotopic (exact) mass is 529 g/mol. The standard InChI is InChI=1S/C22H16F5N3O7/c23-17-16(18(24)20(26)21(27)19(17)25)10(22(36)37)9-15(35)28(5-7-29-11(31)1-2-12(29)32)6-8-30-13(33)3-4-14(30)34/h1-4,10H,5-9H2,(H,36,37). The number of hydrogen-bond acceptors (Lipinski definition) is 6. The summed E-state index contributed by atoms with van der Waals surface area (Å²) in [5.41, 5.74) is -1.74. The molecule has 10 nitrogen and oxygen atoms in total. The summed E-state index contributed by atoms with van der Waals surface area (Å²) in [6.07, 6.45) is 2.50. The molecule has 15 heteroatoms. The molecule has 0 aromatic heterocycles. The molecule has 2 aliphatic rings. The number of nitrogens with zero attached hydrogens (tertiary/aromatic N) is 3. The van der Waals surface area contributed by atoms with Gasteiger partial charge in [0.15, 0.2) is 23.3 Å². The lowest BCUT2D eigenvalue weighted by molar-refractivity contribution is -0.143. The highest BCUT2D eigenvalue weighted by Crippen LogP contribution is 2.31. The zero-order valence-corrected chi connectivity index (χ0v) is 18.6. The minimum absolute atomic E-state index is 0.420. The number of carbonyl (C=O) groups is 6. The molecule has 37 heavy (non-hydrogen) atoms. The summed E-state index contributed by atoms with van der Waals surface area (Å²) < 4.78 is 69.2. The van der Waals surface area contributed by atoms with Crippen molar-refractivity contribution >= 4 is 35.5 Å². The van der Waals surface area contributed by atoms with Gasteiger partial charge < -0.3 is 10.0 Å². The van der Waals surface area contributed by atoms with Gasteiger partial charge in [-0.25, -0.2) is 22.0 Å². The van der Waals surface area contributed by atoms with Crippen LogP contribution in [0.3, 0.4) is 0 Å². The van der Waals surface area contributed by atoms with Crippen LogP contribution in [0.2, 0.25) is 0 Å². The van der Waals surface area contributed by atoms with Crippen LogP contribution in [0.15, 0.2) is 24.3 Å². The van der Waals surface area contributed by atoms with E-state index in [1.165, 1.54) is 0 Å². The Kier molecular flexibility index (Phi) is 7.84. The second kappa shape index (κ2) is 10.7. The molecule has 0 saturated heterocycles. The number of aliphatic carboxylic acids is 1. The Bertz CT molecular complexity index is 1170. The summed E-state index contributed by atoms with van der Waals surface area (Å²) in [4.78, 5) is 74.1. The minimum atomic E-state index is -2.52. The summed E-state index contributed by atoms with van der Waals surface area (Å²) in [6.45, 7) is -1.77. The molecular formula is C22H16F5N3O7. The maximum Gasteiger partial charge on any atom is 0.311 e. The first-order chi connectivity index (χ1) is 17.3. The topological polar surface area (TPSA) is 132 Å². The first-order valence-electron chi connectivity index (χ1n) is 10.4. The normalized spacial score (nSPS) is 15.8. The molecule has 0 aliphatic carbocycles. The number of halogens is 5. The smallest absolute Gasteiger partial charge is 0.311 e. The lowest BCUT2D eigenvalue weighted by Crippen LogP contribution is -2.45. The largest absolute Gasteiger partial charge is 0.481 e. The van der Waals surface area contributed by atoms with Crippen molar-refractivity contribution in [3.8, 4) is 0 Å². The van der Waals surface area contributed by atoms with Gasteiger partial charge in [-0.2, -0.15) is 0 Å². The third kappa shape index (κ3) is 5.39. The van der Waals surface area contributed by atoms with Gasteiger partial charge in [0.05, 0.1) is 5.92 Å². The Morgan fingerprint density at radius 2 is 1.05 bits per heavy atom. The number of carboxylic acids is 1. The molecule has 0 bridgehead atoms. The van der Waals surface area contributed by atoms with E-state index < -0.39 is 109 Å². The van der Waals surface area contributed by atoms with E-state index in [4.69, 9.17) is 0 Å². The SMILES string of the molecule is O=C(O)C(CC(=O)N(CCN1C(=O)C=CC1=O)CCN1C(=O)C=CC1=O)c1c(F)c(F)c(F)c(F)c1F. The first-order valence-corrected chi connectivity index (χ1v) is 10.4. The van der Waals surface area contributed by atoms with Gasteiger partial charge in [0.25, 0.3) is 23.6 Å². The van der Waals surface area contributed by atoms with Crippen LogP contribution in [0.4, 0.5) is 22.0 Å². The van der Waals surface area contributed by atoms with Gasteiger partial charge in [-0.3, -0.25) is 38.6 Å². The molecule has 1 aromatic rings. The highest BCUT2D eigenvalue weighted by molar-refractivity contribution is 6.13. The van der Waals surface area contributed by atoms with E-state index >= 15 is 0 Å². The minimum Gasteiger partial charge on any atom is -0.481 e. The number of rotatable bonds is 10. The van der Waals surface area contributed by atoms with Crippen molar-refractivity contribution in [3.63, 3.8) is 0 Å². The van der Waals surface area contributed by atoms with Crippen molar-refractivity contribution in [2.24, 2.45) is 0 Å². The van der Waals surface area contributed by atoms with Crippen molar-refractivity contribution in [3.05, 3.63) is 59.0 Å². The van der Waals surface area contributed by atoms with Crippen molar-refractivity contribution in [2.45, 2.75) is 12.3 Å². The Labute approximate surface area is 204 Å². The van der Waals surface area contributed by atoms with Crippen LogP contribution in [0.5, 0.6) is 0 Å². The number of amides is 5. The van der Waals surface area contributed by atoms with E-state index in [1.54, 1.807) is 0 Å². The van der Waals surface area contributed by atoms with Gasteiger partial charge >= 0.3 is 5.97 Å². The molecule has 3 rings (SSSR count). The van der Waals surface area contributed by atoms with Crippen LogP contribution in [0, 0.1) is 29.1 Å². The number of carboxylic acid groups (broad SMARTS) is 1. The van der Waals surface area contributed by atoms with Crippen molar-refractivity contribution in [1.82, 2.24) is 14.7 Å². The van der Waals surface area contributed by atoms with E-state index in [9.17, 15) is 55.8 Å². The maximum absolute atomic E-state index is 14.3. The zero-order valence-electron chi connectivity index (χ0n) is 18.6. The molecule has 5 amide bonds. The van der Waals surface area contributed by atoms with Crippen LogP contribution in [0.25, 0.3) is 0 Å².